The molecule has 0 bridgehead atoms. The van der Waals surface area contributed by atoms with Crippen LogP contribution < -0.4 is 11.1 Å². The van der Waals surface area contributed by atoms with Crippen molar-refractivity contribution in [3.8, 4) is 6.07 Å². The predicted molar refractivity (Wildman–Crippen MR) is 72.3 cm³/mol. The van der Waals surface area contributed by atoms with Crippen LogP contribution in [0.3, 0.4) is 0 Å². The first-order valence-corrected chi connectivity index (χ1v) is 8.02. The first-order valence-electron chi connectivity index (χ1n) is 6.20. The van der Waals surface area contributed by atoms with Gasteiger partial charge < -0.3 is 11.1 Å². The maximum atomic E-state index is 11.5. The van der Waals surface area contributed by atoms with Gasteiger partial charge in [0.2, 0.25) is 0 Å². The first-order chi connectivity index (χ1) is 8.96. The third-order valence-electron chi connectivity index (χ3n) is 3.08. The van der Waals surface area contributed by atoms with E-state index in [0.717, 1.165) is 12.8 Å². The Morgan fingerprint density at radius 1 is 1.58 bits per heavy atom. The SMILES string of the molecule is CCS(=O)(=O)CCn1nc(NC2CC2)c(C#N)c1N. The molecule has 1 aliphatic rings. The number of anilines is 2. The Kier molecular flexibility index (Phi) is 3.66. The molecule has 1 aromatic heterocycles. The molecule has 3 N–H and O–H groups in total. The van der Waals surface area contributed by atoms with Gasteiger partial charge in [0.1, 0.15) is 17.5 Å². The molecule has 7 nitrogen and oxygen atoms in total. The fourth-order valence-corrected chi connectivity index (χ4v) is 2.39. The summed E-state index contributed by atoms with van der Waals surface area (Å²) in [5, 5.41) is 16.4. The Hall–Kier alpha value is -1.75. The van der Waals surface area contributed by atoms with E-state index in [4.69, 9.17) is 11.0 Å². The van der Waals surface area contributed by atoms with E-state index in [1.807, 2.05) is 6.07 Å². The maximum Gasteiger partial charge on any atom is 0.168 e. The molecule has 0 aliphatic heterocycles. The molecule has 0 saturated heterocycles. The maximum absolute atomic E-state index is 11.5. The van der Waals surface area contributed by atoms with E-state index >= 15 is 0 Å². The summed E-state index contributed by atoms with van der Waals surface area (Å²) < 4.78 is 24.3. The highest BCUT2D eigenvalue weighted by atomic mass is 32.2. The molecule has 0 amide bonds. The Morgan fingerprint density at radius 2 is 2.26 bits per heavy atom. The summed E-state index contributed by atoms with van der Waals surface area (Å²) in [7, 11) is -3.08. The molecule has 8 heteroatoms. The summed E-state index contributed by atoms with van der Waals surface area (Å²) in [5.41, 5.74) is 6.12. The molecule has 0 radical (unpaired) electrons. The highest BCUT2D eigenvalue weighted by molar-refractivity contribution is 7.91. The van der Waals surface area contributed by atoms with Crippen molar-refractivity contribution in [3.63, 3.8) is 0 Å². The third kappa shape index (κ3) is 3.17. The van der Waals surface area contributed by atoms with Crippen LogP contribution in [0.15, 0.2) is 0 Å². The van der Waals surface area contributed by atoms with Crippen molar-refractivity contribution in [2.75, 3.05) is 22.6 Å². The smallest absolute Gasteiger partial charge is 0.168 e. The van der Waals surface area contributed by atoms with Crippen molar-refractivity contribution in [1.82, 2.24) is 9.78 Å². The molecule has 1 aliphatic carbocycles. The van der Waals surface area contributed by atoms with E-state index in [1.165, 1.54) is 4.68 Å². The normalized spacial score (nSPS) is 15.2. The molecule has 104 valence electrons. The lowest BCUT2D eigenvalue weighted by Crippen LogP contribution is -2.16. The molecule has 19 heavy (non-hydrogen) atoms. The highest BCUT2D eigenvalue weighted by Gasteiger charge is 2.25. The van der Waals surface area contributed by atoms with Crippen molar-refractivity contribution in [1.29, 1.82) is 5.26 Å². The van der Waals surface area contributed by atoms with E-state index in [1.54, 1.807) is 6.92 Å². The van der Waals surface area contributed by atoms with Gasteiger partial charge in [-0.1, -0.05) is 6.92 Å². The van der Waals surface area contributed by atoms with Gasteiger partial charge in [-0.15, -0.1) is 0 Å². The number of rotatable bonds is 6. The fraction of sp³-hybridized carbons (Fsp3) is 0.636. The summed E-state index contributed by atoms with van der Waals surface area (Å²) in [6.45, 7) is 1.77. The zero-order chi connectivity index (χ0) is 14.0. The molecule has 1 heterocycles. The quantitative estimate of drug-likeness (QED) is 0.778. The topological polar surface area (TPSA) is 114 Å². The van der Waals surface area contributed by atoms with Gasteiger partial charge in [0.25, 0.3) is 0 Å². The summed E-state index contributed by atoms with van der Waals surface area (Å²) in [5.74, 6) is 0.739. The lowest BCUT2D eigenvalue weighted by atomic mass is 10.3. The van der Waals surface area contributed by atoms with E-state index in [0.29, 0.717) is 17.4 Å². The van der Waals surface area contributed by atoms with Gasteiger partial charge in [-0.25, -0.2) is 13.1 Å². The lowest BCUT2D eigenvalue weighted by Gasteiger charge is -2.03. The number of hydrogen-bond donors (Lipinski definition) is 2. The van der Waals surface area contributed by atoms with Gasteiger partial charge in [-0.2, -0.15) is 10.4 Å². The van der Waals surface area contributed by atoms with Crippen molar-refractivity contribution < 1.29 is 8.42 Å². The van der Waals surface area contributed by atoms with Crippen LogP contribution in [0.2, 0.25) is 0 Å². The standard InChI is InChI=1S/C11H17N5O2S/c1-2-19(17,18)6-5-16-10(13)9(7-12)11(15-16)14-8-3-4-8/h8H,2-6,13H2,1H3,(H,14,15). The van der Waals surface area contributed by atoms with Crippen molar-refractivity contribution in [2.45, 2.75) is 32.4 Å². The van der Waals surface area contributed by atoms with Crippen LogP contribution >= 0.6 is 0 Å². The van der Waals surface area contributed by atoms with Crippen LogP contribution in [0.5, 0.6) is 0 Å². The summed E-state index contributed by atoms with van der Waals surface area (Å²) in [6, 6.07) is 2.36. The third-order valence-corrected chi connectivity index (χ3v) is 4.76. The second-order valence-corrected chi connectivity index (χ2v) is 7.07. The minimum absolute atomic E-state index is 0.0247. The zero-order valence-electron chi connectivity index (χ0n) is 10.8. The van der Waals surface area contributed by atoms with Crippen molar-refractivity contribution in [2.24, 2.45) is 0 Å². The van der Waals surface area contributed by atoms with Gasteiger partial charge in [0.15, 0.2) is 15.7 Å². The number of nitriles is 1. The number of hydrogen-bond acceptors (Lipinski definition) is 6. The van der Waals surface area contributed by atoms with E-state index in [-0.39, 0.29) is 23.9 Å². The van der Waals surface area contributed by atoms with E-state index < -0.39 is 9.84 Å². The largest absolute Gasteiger partial charge is 0.383 e. The summed E-state index contributed by atoms with van der Waals surface area (Å²) in [6.07, 6.45) is 2.11. The number of aryl methyl sites for hydroxylation is 1. The van der Waals surface area contributed by atoms with E-state index in [2.05, 4.69) is 10.4 Å². The average molecular weight is 283 g/mol. The van der Waals surface area contributed by atoms with Crippen LogP contribution in [-0.2, 0) is 16.4 Å². The van der Waals surface area contributed by atoms with Gasteiger partial charge in [0.05, 0.1) is 12.3 Å². The molecule has 0 aromatic carbocycles. The van der Waals surface area contributed by atoms with Crippen LogP contribution in [-0.4, -0.2) is 35.7 Å². The second kappa shape index (κ2) is 5.09. The van der Waals surface area contributed by atoms with Gasteiger partial charge in [-0.3, -0.25) is 0 Å². The van der Waals surface area contributed by atoms with Gasteiger partial charge in [-0.05, 0) is 12.8 Å². The number of sulfone groups is 1. The number of nitrogens with one attached hydrogen (secondary N) is 1. The minimum atomic E-state index is -3.08. The number of nitrogens with two attached hydrogens (primary N) is 1. The lowest BCUT2D eigenvalue weighted by molar-refractivity contribution is 0.583. The van der Waals surface area contributed by atoms with Crippen LogP contribution in [0.1, 0.15) is 25.3 Å². The molecule has 0 unspecified atom stereocenters. The number of aromatic nitrogens is 2. The average Bonchev–Trinajstić information content (AvgIpc) is 3.13. The Bertz CT molecular complexity index is 610. The molecule has 0 spiro atoms. The number of nitrogens with zero attached hydrogens (tertiary/aromatic N) is 3. The van der Waals surface area contributed by atoms with E-state index in [9.17, 15) is 8.42 Å². The molecule has 1 fully saturated rings. The van der Waals surface area contributed by atoms with Crippen LogP contribution in [0.25, 0.3) is 0 Å². The number of nitrogen functional groups attached to an aromatic ring is 1. The first kappa shape index (κ1) is 13.7. The zero-order valence-corrected chi connectivity index (χ0v) is 11.6. The van der Waals surface area contributed by atoms with Crippen LogP contribution in [0.4, 0.5) is 11.6 Å². The summed E-state index contributed by atoms with van der Waals surface area (Å²) >= 11 is 0. The molecule has 1 aromatic rings. The molecule has 0 atom stereocenters. The Morgan fingerprint density at radius 3 is 2.79 bits per heavy atom. The molecule has 1 saturated carbocycles. The van der Waals surface area contributed by atoms with Gasteiger partial charge in [0, 0.05) is 11.8 Å². The van der Waals surface area contributed by atoms with Crippen LogP contribution in [0, 0.1) is 11.3 Å². The van der Waals surface area contributed by atoms with Gasteiger partial charge >= 0.3 is 0 Å². The van der Waals surface area contributed by atoms with Crippen molar-refractivity contribution >= 4 is 21.5 Å². The molecule has 2 rings (SSSR count). The molecular formula is C11H17N5O2S. The van der Waals surface area contributed by atoms with Crippen molar-refractivity contribution in [3.05, 3.63) is 5.56 Å². The second-order valence-electron chi connectivity index (χ2n) is 4.60. The minimum Gasteiger partial charge on any atom is -0.383 e. The fourth-order valence-electron chi connectivity index (χ4n) is 1.65. The highest BCUT2D eigenvalue weighted by Crippen LogP contribution is 2.28. The predicted octanol–water partition coefficient (Wildman–Crippen LogP) is 0.346. The Labute approximate surface area is 112 Å². The Balaban J connectivity index is 2.16. The molecular weight excluding hydrogens is 266 g/mol. The monoisotopic (exact) mass is 283 g/mol. The summed E-state index contributed by atoms with van der Waals surface area (Å²) in [4.78, 5) is 0.